The van der Waals surface area contributed by atoms with Crippen LogP contribution >= 0.6 is 0 Å². The molecule has 0 aliphatic heterocycles. The molecule has 168 valence electrons. The highest BCUT2D eigenvalue weighted by Crippen LogP contribution is 2.44. The van der Waals surface area contributed by atoms with Gasteiger partial charge in [0.1, 0.15) is 12.6 Å². The lowest BCUT2D eigenvalue weighted by Gasteiger charge is -2.19. The average molecular weight is 445 g/mol. The monoisotopic (exact) mass is 445 g/mol. The van der Waals surface area contributed by atoms with E-state index in [1.54, 1.807) is 0 Å². The first-order valence-corrected chi connectivity index (χ1v) is 10.5. The SMILES string of the molecule is N#CCCCC(NC(=O)OCC1c2ccccc2-c2ccccc21)C(=O)NCC#CC(=O)O. The van der Waals surface area contributed by atoms with Gasteiger partial charge in [0.15, 0.2) is 0 Å². The highest BCUT2D eigenvalue weighted by Gasteiger charge is 2.29. The Morgan fingerprint density at radius 2 is 1.70 bits per heavy atom. The summed E-state index contributed by atoms with van der Waals surface area (Å²) in [6.45, 7) is -0.0667. The largest absolute Gasteiger partial charge is 0.472 e. The Kier molecular flexibility index (Phi) is 8.04. The van der Waals surface area contributed by atoms with E-state index < -0.39 is 24.0 Å². The summed E-state index contributed by atoms with van der Waals surface area (Å²) >= 11 is 0. The maximum Gasteiger partial charge on any atom is 0.407 e. The van der Waals surface area contributed by atoms with Crippen molar-refractivity contribution in [2.24, 2.45) is 0 Å². The summed E-state index contributed by atoms with van der Waals surface area (Å²) in [5.41, 5.74) is 4.37. The fourth-order valence-corrected chi connectivity index (χ4v) is 3.81. The second-order valence-corrected chi connectivity index (χ2v) is 7.40. The summed E-state index contributed by atoms with van der Waals surface area (Å²) in [7, 11) is 0. The molecular weight excluding hydrogens is 422 g/mol. The third kappa shape index (κ3) is 6.11. The molecule has 0 heterocycles. The summed E-state index contributed by atoms with van der Waals surface area (Å²) in [6, 6.07) is 17.0. The van der Waals surface area contributed by atoms with Crippen LogP contribution in [0.25, 0.3) is 11.1 Å². The van der Waals surface area contributed by atoms with E-state index in [1.165, 1.54) is 0 Å². The van der Waals surface area contributed by atoms with Gasteiger partial charge in [-0.15, -0.1) is 0 Å². The third-order valence-electron chi connectivity index (χ3n) is 5.28. The topological polar surface area (TPSA) is 129 Å². The van der Waals surface area contributed by atoms with Crippen molar-refractivity contribution in [2.45, 2.75) is 31.2 Å². The Hall–Kier alpha value is -4.30. The number of alkyl carbamates (subject to hydrolysis) is 1. The molecule has 0 saturated heterocycles. The second kappa shape index (κ2) is 11.4. The molecule has 2 aromatic rings. The van der Waals surface area contributed by atoms with Gasteiger partial charge in [-0.05, 0) is 35.1 Å². The van der Waals surface area contributed by atoms with Gasteiger partial charge in [-0.3, -0.25) is 4.79 Å². The van der Waals surface area contributed by atoms with Crippen molar-refractivity contribution in [3.8, 4) is 29.0 Å². The highest BCUT2D eigenvalue weighted by molar-refractivity contribution is 5.87. The Balaban J connectivity index is 1.62. The fraction of sp³-hybridized carbons (Fsp3) is 0.280. The zero-order valence-electron chi connectivity index (χ0n) is 17.8. The van der Waals surface area contributed by atoms with Gasteiger partial charge in [0, 0.05) is 18.3 Å². The van der Waals surface area contributed by atoms with Gasteiger partial charge in [0.05, 0.1) is 12.6 Å². The van der Waals surface area contributed by atoms with Crippen molar-refractivity contribution in [2.75, 3.05) is 13.2 Å². The molecule has 0 saturated carbocycles. The number of rotatable bonds is 8. The van der Waals surface area contributed by atoms with Crippen molar-refractivity contribution in [1.29, 1.82) is 5.26 Å². The number of carboxylic acids is 1. The molecule has 0 radical (unpaired) electrons. The predicted molar refractivity (Wildman–Crippen MR) is 120 cm³/mol. The van der Waals surface area contributed by atoms with Crippen LogP contribution in [-0.4, -0.2) is 42.3 Å². The van der Waals surface area contributed by atoms with Crippen LogP contribution in [0, 0.1) is 23.2 Å². The van der Waals surface area contributed by atoms with Gasteiger partial charge in [-0.2, -0.15) is 5.26 Å². The van der Waals surface area contributed by atoms with Gasteiger partial charge < -0.3 is 20.5 Å². The van der Waals surface area contributed by atoms with Crippen molar-refractivity contribution in [1.82, 2.24) is 10.6 Å². The van der Waals surface area contributed by atoms with E-state index in [0.29, 0.717) is 6.42 Å². The first-order valence-electron chi connectivity index (χ1n) is 10.5. The number of carbonyl (C=O) groups is 3. The van der Waals surface area contributed by atoms with Crippen molar-refractivity contribution in [3.05, 3.63) is 59.7 Å². The minimum atomic E-state index is -1.30. The van der Waals surface area contributed by atoms with Crippen molar-refractivity contribution >= 4 is 18.0 Å². The first kappa shape index (κ1) is 23.4. The lowest BCUT2D eigenvalue weighted by Crippen LogP contribution is -2.47. The minimum Gasteiger partial charge on any atom is -0.472 e. The molecule has 0 bridgehead atoms. The molecule has 3 N–H and O–H groups in total. The number of amides is 2. The Morgan fingerprint density at radius 3 is 2.30 bits per heavy atom. The standard InChI is InChI=1S/C25H23N3O5/c26-14-6-5-12-22(24(31)27-15-7-13-23(29)30)28-25(32)33-16-21-19-10-3-1-8-17(19)18-9-2-4-11-20(18)21/h1-4,8-11,21-22H,5-6,12,15-16H2,(H,27,31)(H,28,32)(H,29,30). The molecule has 0 aromatic heterocycles. The number of unbranched alkanes of at least 4 members (excludes halogenated alkanes) is 1. The number of benzene rings is 2. The summed E-state index contributed by atoms with van der Waals surface area (Å²) in [6.07, 6.45) is 0.120. The van der Waals surface area contributed by atoms with E-state index in [1.807, 2.05) is 60.5 Å². The van der Waals surface area contributed by atoms with E-state index in [0.717, 1.165) is 22.3 Å². The minimum absolute atomic E-state index is 0.108. The number of aliphatic carboxylic acids is 1. The van der Waals surface area contributed by atoms with Crippen LogP contribution in [0.2, 0.25) is 0 Å². The smallest absolute Gasteiger partial charge is 0.407 e. The maximum absolute atomic E-state index is 12.5. The lowest BCUT2D eigenvalue weighted by atomic mass is 9.98. The molecular formula is C25H23N3O5. The summed E-state index contributed by atoms with van der Waals surface area (Å²) < 4.78 is 5.48. The predicted octanol–water partition coefficient (Wildman–Crippen LogP) is 2.79. The molecule has 1 unspecified atom stereocenters. The number of carboxylic acid groups (broad SMARTS) is 1. The van der Waals surface area contributed by atoms with Gasteiger partial charge in [0.2, 0.25) is 5.91 Å². The molecule has 0 spiro atoms. The summed E-state index contributed by atoms with van der Waals surface area (Å²) in [5, 5.41) is 22.3. The van der Waals surface area contributed by atoms with Gasteiger partial charge >= 0.3 is 12.1 Å². The van der Waals surface area contributed by atoms with E-state index >= 15 is 0 Å². The van der Waals surface area contributed by atoms with Gasteiger partial charge in [-0.1, -0.05) is 54.5 Å². The number of nitriles is 1. The lowest BCUT2D eigenvalue weighted by molar-refractivity contribution is -0.130. The molecule has 1 aliphatic rings. The van der Waals surface area contributed by atoms with Crippen LogP contribution in [0.15, 0.2) is 48.5 Å². The summed E-state index contributed by atoms with van der Waals surface area (Å²) in [4.78, 5) is 35.4. The quantitative estimate of drug-likeness (QED) is 0.423. The Labute approximate surface area is 191 Å². The van der Waals surface area contributed by atoms with E-state index in [-0.39, 0.29) is 31.9 Å². The number of nitrogens with one attached hydrogen (secondary N) is 2. The average Bonchev–Trinajstić information content (AvgIpc) is 3.13. The maximum atomic E-state index is 12.5. The molecule has 0 fully saturated rings. The number of hydrogen-bond donors (Lipinski definition) is 3. The van der Waals surface area contributed by atoms with Crippen LogP contribution in [0.5, 0.6) is 0 Å². The number of nitrogens with zero attached hydrogens (tertiary/aromatic N) is 1. The van der Waals surface area contributed by atoms with Crippen LogP contribution < -0.4 is 10.6 Å². The number of ether oxygens (including phenoxy) is 1. The molecule has 8 heteroatoms. The van der Waals surface area contributed by atoms with Gasteiger partial charge in [0.25, 0.3) is 0 Å². The molecule has 33 heavy (non-hydrogen) atoms. The van der Waals surface area contributed by atoms with Crippen LogP contribution in [0.1, 0.15) is 36.3 Å². The van der Waals surface area contributed by atoms with Crippen molar-refractivity contribution in [3.63, 3.8) is 0 Å². The van der Waals surface area contributed by atoms with Gasteiger partial charge in [-0.25, -0.2) is 9.59 Å². The van der Waals surface area contributed by atoms with Crippen LogP contribution in [0.3, 0.4) is 0 Å². The van der Waals surface area contributed by atoms with Crippen LogP contribution in [-0.2, 0) is 14.3 Å². The van der Waals surface area contributed by atoms with Crippen LogP contribution in [0.4, 0.5) is 4.79 Å². The number of hydrogen-bond acceptors (Lipinski definition) is 5. The zero-order valence-corrected chi connectivity index (χ0v) is 17.8. The molecule has 2 amide bonds. The fourth-order valence-electron chi connectivity index (χ4n) is 3.81. The Morgan fingerprint density at radius 1 is 1.06 bits per heavy atom. The van der Waals surface area contributed by atoms with E-state index in [9.17, 15) is 14.4 Å². The Bertz CT molecular complexity index is 1100. The highest BCUT2D eigenvalue weighted by atomic mass is 16.5. The molecule has 2 aromatic carbocycles. The number of fused-ring (bicyclic) bond motifs is 3. The molecule has 1 atom stereocenters. The first-order chi connectivity index (χ1) is 16.0. The molecule has 3 rings (SSSR count). The molecule has 8 nitrogen and oxygen atoms in total. The van der Waals surface area contributed by atoms with E-state index in [4.69, 9.17) is 15.1 Å². The number of carbonyl (C=O) groups excluding carboxylic acids is 2. The summed E-state index contributed by atoms with van der Waals surface area (Å²) in [5.74, 6) is 2.25. The third-order valence-corrected chi connectivity index (χ3v) is 5.28. The second-order valence-electron chi connectivity index (χ2n) is 7.40. The normalized spacial score (nSPS) is 12.2. The molecule has 1 aliphatic carbocycles. The zero-order chi connectivity index (χ0) is 23.6. The van der Waals surface area contributed by atoms with Crippen molar-refractivity contribution < 1.29 is 24.2 Å². The van der Waals surface area contributed by atoms with E-state index in [2.05, 4.69) is 16.6 Å².